The SMILES string of the molecule is CSc1ccc(NC(=O)c2ccccc2-c2ccc(Cn3cccn3)cc2)cn1. The standard InChI is InChI=1S/C23H20N4OS/c1-29-22-12-11-19(15-24-22)26-23(28)21-6-3-2-5-20(21)18-9-7-17(8-10-18)16-27-14-4-13-25-27/h2-15H,16H2,1H3,(H,26,28). The van der Waals surface area contributed by atoms with Gasteiger partial charge < -0.3 is 5.32 Å². The van der Waals surface area contributed by atoms with Gasteiger partial charge >= 0.3 is 0 Å². The van der Waals surface area contributed by atoms with E-state index in [1.807, 2.05) is 71.7 Å². The predicted molar refractivity (Wildman–Crippen MR) is 117 cm³/mol. The number of aromatic nitrogens is 3. The second-order valence-corrected chi connectivity index (χ2v) is 7.32. The number of amides is 1. The van der Waals surface area contributed by atoms with Gasteiger partial charge in [0.05, 0.1) is 23.5 Å². The van der Waals surface area contributed by atoms with Crippen molar-refractivity contribution in [2.45, 2.75) is 11.6 Å². The Kier molecular flexibility index (Phi) is 5.72. The minimum absolute atomic E-state index is 0.153. The minimum atomic E-state index is -0.153. The number of nitrogens with one attached hydrogen (secondary N) is 1. The second kappa shape index (κ2) is 8.75. The lowest BCUT2D eigenvalue weighted by Gasteiger charge is -2.11. The number of rotatable bonds is 6. The van der Waals surface area contributed by atoms with Crippen LogP contribution in [0.5, 0.6) is 0 Å². The van der Waals surface area contributed by atoms with Crippen molar-refractivity contribution in [3.8, 4) is 11.1 Å². The summed E-state index contributed by atoms with van der Waals surface area (Å²) >= 11 is 1.57. The summed E-state index contributed by atoms with van der Waals surface area (Å²) in [6, 6.07) is 21.5. The number of pyridine rings is 1. The first-order valence-electron chi connectivity index (χ1n) is 9.20. The van der Waals surface area contributed by atoms with E-state index in [-0.39, 0.29) is 5.91 Å². The third-order valence-electron chi connectivity index (χ3n) is 4.54. The summed E-state index contributed by atoms with van der Waals surface area (Å²) < 4.78 is 1.88. The molecule has 1 N–H and O–H groups in total. The molecule has 0 aliphatic carbocycles. The molecule has 2 heterocycles. The van der Waals surface area contributed by atoms with Gasteiger partial charge in [-0.1, -0.05) is 42.5 Å². The van der Waals surface area contributed by atoms with Crippen LogP contribution in [0.25, 0.3) is 11.1 Å². The van der Waals surface area contributed by atoms with Crippen LogP contribution in [0.1, 0.15) is 15.9 Å². The quantitative estimate of drug-likeness (QED) is 0.464. The van der Waals surface area contributed by atoms with Crippen LogP contribution in [0.4, 0.5) is 5.69 Å². The first-order valence-corrected chi connectivity index (χ1v) is 10.4. The van der Waals surface area contributed by atoms with Crippen LogP contribution < -0.4 is 5.32 Å². The smallest absolute Gasteiger partial charge is 0.256 e. The topological polar surface area (TPSA) is 59.8 Å². The van der Waals surface area contributed by atoms with E-state index in [1.165, 1.54) is 0 Å². The van der Waals surface area contributed by atoms with E-state index in [2.05, 4.69) is 27.5 Å². The summed E-state index contributed by atoms with van der Waals surface area (Å²) in [6.07, 6.45) is 7.36. The third-order valence-corrected chi connectivity index (χ3v) is 5.20. The molecule has 0 unspecified atom stereocenters. The van der Waals surface area contributed by atoms with Crippen LogP contribution >= 0.6 is 11.8 Å². The Labute approximate surface area is 173 Å². The molecule has 0 atom stereocenters. The zero-order valence-electron chi connectivity index (χ0n) is 15.9. The summed E-state index contributed by atoms with van der Waals surface area (Å²) in [6.45, 7) is 0.717. The summed E-state index contributed by atoms with van der Waals surface area (Å²) in [5.41, 5.74) is 4.35. The maximum Gasteiger partial charge on any atom is 0.256 e. The zero-order chi connectivity index (χ0) is 20.1. The van der Waals surface area contributed by atoms with E-state index in [0.29, 0.717) is 17.8 Å². The maximum atomic E-state index is 12.9. The number of anilines is 1. The lowest BCUT2D eigenvalue weighted by atomic mass is 9.98. The summed E-state index contributed by atoms with van der Waals surface area (Å²) in [5.74, 6) is -0.153. The molecule has 144 valence electrons. The van der Waals surface area contributed by atoms with Gasteiger partial charge in [-0.05, 0) is 47.2 Å². The molecular formula is C23H20N4OS. The van der Waals surface area contributed by atoms with Crippen molar-refractivity contribution in [2.75, 3.05) is 11.6 Å². The molecule has 2 aromatic heterocycles. The molecule has 2 aromatic carbocycles. The zero-order valence-corrected chi connectivity index (χ0v) is 16.8. The fourth-order valence-electron chi connectivity index (χ4n) is 3.08. The highest BCUT2D eigenvalue weighted by Gasteiger charge is 2.13. The Morgan fingerprint density at radius 2 is 1.86 bits per heavy atom. The largest absolute Gasteiger partial charge is 0.321 e. The molecule has 0 aliphatic rings. The Morgan fingerprint density at radius 1 is 1.03 bits per heavy atom. The van der Waals surface area contributed by atoms with Crippen LogP contribution in [0.15, 0.2) is 90.3 Å². The van der Waals surface area contributed by atoms with Crippen LogP contribution in [0.3, 0.4) is 0 Å². The van der Waals surface area contributed by atoms with Gasteiger partial charge in [-0.2, -0.15) is 5.10 Å². The van der Waals surface area contributed by atoms with Crippen LogP contribution in [0.2, 0.25) is 0 Å². The number of thioether (sulfide) groups is 1. The molecule has 1 amide bonds. The van der Waals surface area contributed by atoms with Gasteiger partial charge in [-0.25, -0.2) is 4.98 Å². The molecule has 4 aromatic rings. The highest BCUT2D eigenvalue weighted by atomic mass is 32.2. The van der Waals surface area contributed by atoms with Crippen molar-refractivity contribution in [3.05, 3.63) is 96.4 Å². The average molecular weight is 401 g/mol. The van der Waals surface area contributed by atoms with Gasteiger partial charge in [-0.15, -0.1) is 11.8 Å². The lowest BCUT2D eigenvalue weighted by molar-refractivity contribution is 0.102. The van der Waals surface area contributed by atoms with Crippen molar-refractivity contribution in [3.63, 3.8) is 0 Å². The highest BCUT2D eigenvalue weighted by Crippen LogP contribution is 2.25. The Hall–Kier alpha value is -3.38. The van der Waals surface area contributed by atoms with Gasteiger partial charge in [0.15, 0.2) is 0 Å². The first kappa shape index (κ1) is 19.0. The minimum Gasteiger partial charge on any atom is -0.321 e. The van der Waals surface area contributed by atoms with Gasteiger partial charge in [0.1, 0.15) is 0 Å². The molecule has 0 radical (unpaired) electrons. The average Bonchev–Trinajstić information content (AvgIpc) is 3.28. The molecule has 0 bridgehead atoms. The van der Waals surface area contributed by atoms with Crippen molar-refractivity contribution in [2.24, 2.45) is 0 Å². The van der Waals surface area contributed by atoms with E-state index in [4.69, 9.17) is 0 Å². The van der Waals surface area contributed by atoms with E-state index in [0.717, 1.165) is 21.7 Å². The fourth-order valence-corrected chi connectivity index (χ4v) is 3.44. The Morgan fingerprint density at radius 3 is 2.55 bits per heavy atom. The molecule has 0 spiro atoms. The maximum absolute atomic E-state index is 12.9. The van der Waals surface area contributed by atoms with Crippen molar-refractivity contribution in [1.82, 2.24) is 14.8 Å². The van der Waals surface area contributed by atoms with Crippen molar-refractivity contribution in [1.29, 1.82) is 0 Å². The van der Waals surface area contributed by atoms with Gasteiger partial charge in [-0.3, -0.25) is 9.48 Å². The van der Waals surface area contributed by atoms with E-state index < -0.39 is 0 Å². The molecule has 0 aliphatic heterocycles. The van der Waals surface area contributed by atoms with Crippen molar-refractivity contribution >= 4 is 23.4 Å². The third kappa shape index (κ3) is 4.55. The number of hydrogen-bond donors (Lipinski definition) is 1. The van der Waals surface area contributed by atoms with Crippen LogP contribution in [0, 0.1) is 0 Å². The van der Waals surface area contributed by atoms with E-state index >= 15 is 0 Å². The predicted octanol–water partition coefficient (Wildman–Crippen LogP) is 4.97. The number of carbonyl (C=O) groups is 1. The first-order chi connectivity index (χ1) is 14.2. The van der Waals surface area contributed by atoms with Gasteiger partial charge in [0, 0.05) is 18.0 Å². The van der Waals surface area contributed by atoms with E-state index in [1.54, 1.807) is 24.2 Å². The number of hydrogen-bond acceptors (Lipinski definition) is 4. The number of carbonyl (C=O) groups excluding carboxylic acids is 1. The molecule has 0 fully saturated rings. The summed E-state index contributed by atoms with van der Waals surface area (Å²) in [4.78, 5) is 17.2. The Bertz CT molecular complexity index is 1090. The second-order valence-electron chi connectivity index (χ2n) is 6.49. The van der Waals surface area contributed by atoms with Crippen LogP contribution in [-0.2, 0) is 6.54 Å². The summed E-state index contributed by atoms with van der Waals surface area (Å²) in [5, 5.41) is 8.09. The highest BCUT2D eigenvalue weighted by molar-refractivity contribution is 7.98. The monoisotopic (exact) mass is 400 g/mol. The molecular weight excluding hydrogens is 380 g/mol. The number of nitrogens with zero attached hydrogens (tertiary/aromatic N) is 3. The molecule has 0 saturated heterocycles. The van der Waals surface area contributed by atoms with E-state index in [9.17, 15) is 4.79 Å². The van der Waals surface area contributed by atoms with Gasteiger partial charge in [0.25, 0.3) is 5.91 Å². The molecule has 29 heavy (non-hydrogen) atoms. The fraction of sp³-hybridized carbons (Fsp3) is 0.0870. The summed E-state index contributed by atoms with van der Waals surface area (Å²) in [7, 11) is 0. The van der Waals surface area contributed by atoms with Crippen molar-refractivity contribution < 1.29 is 4.79 Å². The molecule has 5 nitrogen and oxygen atoms in total. The van der Waals surface area contributed by atoms with Crippen LogP contribution in [-0.4, -0.2) is 26.9 Å². The molecule has 6 heteroatoms. The molecule has 0 saturated carbocycles. The number of benzene rings is 2. The van der Waals surface area contributed by atoms with Gasteiger partial charge in [0.2, 0.25) is 0 Å². The lowest BCUT2D eigenvalue weighted by Crippen LogP contribution is -2.13. The molecule has 4 rings (SSSR count). The normalized spacial score (nSPS) is 10.7. The Balaban J connectivity index is 1.55.